The van der Waals surface area contributed by atoms with Crippen LogP contribution in [0.5, 0.6) is 0 Å². The summed E-state index contributed by atoms with van der Waals surface area (Å²) in [6.45, 7) is 4.16. The average molecular weight is 386 g/mol. The maximum atomic E-state index is 12.4. The van der Waals surface area contributed by atoms with Gasteiger partial charge in [-0.05, 0) is 31.0 Å². The Hall–Kier alpha value is -0.140. The summed E-state index contributed by atoms with van der Waals surface area (Å²) >= 11 is 3.30. The van der Waals surface area contributed by atoms with Crippen LogP contribution >= 0.6 is 28.3 Å². The first-order valence-corrected chi connectivity index (χ1v) is 8.67. The molecule has 0 heterocycles. The molecule has 1 rings (SSSR count). The van der Waals surface area contributed by atoms with Gasteiger partial charge in [-0.15, -0.1) is 12.4 Å². The summed E-state index contributed by atoms with van der Waals surface area (Å²) in [6.07, 6.45) is 2.75. The zero-order valence-electron chi connectivity index (χ0n) is 11.7. The third kappa shape index (κ3) is 5.69. The van der Waals surface area contributed by atoms with Gasteiger partial charge in [0.1, 0.15) is 0 Å². The van der Waals surface area contributed by atoms with Gasteiger partial charge in [0.05, 0.1) is 4.90 Å². The molecular formula is C13H22BrClN2O2S. The molecule has 0 amide bonds. The largest absolute Gasteiger partial charge is 0.329 e. The highest BCUT2D eigenvalue weighted by molar-refractivity contribution is 9.10. The van der Waals surface area contributed by atoms with Gasteiger partial charge in [0.2, 0.25) is 10.0 Å². The van der Waals surface area contributed by atoms with Gasteiger partial charge in [-0.2, -0.15) is 0 Å². The van der Waals surface area contributed by atoms with E-state index in [2.05, 4.69) is 27.6 Å². The van der Waals surface area contributed by atoms with E-state index in [4.69, 9.17) is 5.73 Å². The van der Waals surface area contributed by atoms with Crippen molar-refractivity contribution in [3.05, 3.63) is 28.2 Å². The van der Waals surface area contributed by atoms with Crippen molar-refractivity contribution in [2.45, 2.75) is 44.0 Å². The van der Waals surface area contributed by atoms with Gasteiger partial charge < -0.3 is 5.73 Å². The number of hydrogen-bond donors (Lipinski definition) is 2. The predicted octanol–water partition coefficient (Wildman–Crippen LogP) is 2.98. The third-order valence-electron chi connectivity index (χ3n) is 2.95. The first-order valence-electron chi connectivity index (χ1n) is 6.39. The van der Waals surface area contributed by atoms with E-state index in [0.717, 1.165) is 29.3 Å². The van der Waals surface area contributed by atoms with E-state index >= 15 is 0 Å². The van der Waals surface area contributed by atoms with Crippen molar-refractivity contribution in [3.63, 3.8) is 0 Å². The maximum absolute atomic E-state index is 12.4. The fourth-order valence-corrected chi connectivity index (χ4v) is 3.89. The Morgan fingerprint density at radius 1 is 1.40 bits per heavy atom. The van der Waals surface area contributed by atoms with Crippen molar-refractivity contribution in [3.8, 4) is 0 Å². The second-order valence-electron chi connectivity index (χ2n) is 4.61. The molecule has 1 atom stereocenters. The highest BCUT2D eigenvalue weighted by atomic mass is 79.9. The zero-order valence-corrected chi connectivity index (χ0v) is 14.9. The van der Waals surface area contributed by atoms with Crippen LogP contribution in [0, 0.1) is 6.92 Å². The summed E-state index contributed by atoms with van der Waals surface area (Å²) in [7, 11) is -3.52. The number of rotatable bonds is 7. The normalized spacial score (nSPS) is 12.8. The monoisotopic (exact) mass is 384 g/mol. The lowest BCUT2D eigenvalue weighted by atomic mass is 10.1. The third-order valence-corrected chi connectivity index (χ3v) is 5.11. The van der Waals surface area contributed by atoms with Crippen molar-refractivity contribution in [1.82, 2.24) is 4.72 Å². The first-order chi connectivity index (χ1) is 8.90. The molecule has 0 bridgehead atoms. The summed E-state index contributed by atoms with van der Waals surface area (Å²) in [5, 5.41) is 0. The van der Waals surface area contributed by atoms with Gasteiger partial charge >= 0.3 is 0 Å². The minimum absolute atomic E-state index is 0. The fraction of sp³-hybridized carbons (Fsp3) is 0.538. The van der Waals surface area contributed by atoms with Gasteiger partial charge in [0, 0.05) is 17.1 Å². The van der Waals surface area contributed by atoms with Gasteiger partial charge in [-0.1, -0.05) is 41.8 Å². The number of halogens is 2. The van der Waals surface area contributed by atoms with Crippen LogP contribution in [0.1, 0.15) is 31.7 Å². The molecule has 7 heteroatoms. The lowest BCUT2D eigenvalue weighted by Crippen LogP contribution is -2.40. The van der Waals surface area contributed by atoms with E-state index in [1.54, 1.807) is 19.1 Å². The van der Waals surface area contributed by atoms with E-state index in [9.17, 15) is 8.42 Å². The van der Waals surface area contributed by atoms with Gasteiger partial charge in [-0.25, -0.2) is 13.1 Å². The van der Waals surface area contributed by atoms with Crippen molar-refractivity contribution in [2.75, 3.05) is 6.54 Å². The molecule has 1 aromatic rings. The van der Waals surface area contributed by atoms with Gasteiger partial charge in [0.25, 0.3) is 0 Å². The molecule has 116 valence electrons. The Balaban J connectivity index is 0.00000361. The summed E-state index contributed by atoms with van der Waals surface area (Å²) in [4.78, 5) is 0.303. The van der Waals surface area contributed by atoms with Crippen LogP contribution in [0.25, 0.3) is 0 Å². The van der Waals surface area contributed by atoms with Crippen LogP contribution in [-0.2, 0) is 10.0 Å². The van der Waals surface area contributed by atoms with Crippen molar-refractivity contribution < 1.29 is 8.42 Å². The Bertz CT molecular complexity index is 523. The first kappa shape index (κ1) is 19.9. The average Bonchev–Trinajstić information content (AvgIpc) is 2.37. The molecule has 0 aromatic heterocycles. The lowest BCUT2D eigenvalue weighted by molar-refractivity contribution is 0.516. The Labute approximate surface area is 136 Å². The molecule has 0 spiro atoms. The van der Waals surface area contributed by atoms with Crippen LogP contribution in [0.2, 0.25) is 0 Å². The fourth-order valence-electron chi connectivity index (χ4n) is 1.82. The van der Waals surface area contributed by atoms with Crippen molar-refractivity contribution >= 4 is 38.4 Å². The zero-order chi connectivity index (χ0) is 14.5. The van der Waals surface area contributed by atoms with E-state index in [0.29, 0.717) is 11.4 Å². The molecule has 0 saturated carbocycles. The van der Waals surface area contributed by atoms with Crippen LogP contribution in [0.15, 0.2) is 27.6 Å². The quantitative estimate of drug-likeness (QED) is 0.758. The van der Waals surface area contributed by atoms with Crippen LogP contribution < -0.4 is 10.5 Å². The van der Waals surface area contributed by atoms with Crippen LogP contribution in [0.3, 0.4) is 0 Å². The molecule has 1 aromatic carbocycles. The summed E-state index contributed by atoms with van der Waals surface area (Å²) in [5.74, 6) is 0. The molecule has 20 heavy (non-hydrogen) atoms. The number of hydrogen-bond acceptors (Lipinski definition) is 3. The highest BCUT2D eigenvalue weighted by Crippen LogP contribution is 2.21. The molecular weight excluding hydrogens is 364 g/mol. The molecule has 0 aliphatic carbocycles. The molecule has 0 aliphatic heterocycles. The van der Waals surface area contributed by atoms with E-state index in [1.165, 1.54) is 0 Å². The topological polar surface area (TPSA) is 72.2 Å². The predicted molar refractivity (Wildman–Crippen MR) is 88.8 cm³/mol. The van der Waals surface area contributed by atoms with E-state index in [-0.39, 0.29) is 18.4 Å². The lowest BCUT2D eigenvalue weighted by Gasteiger charge is -2.17. The molecule has 0 aliphatic rings. The number of nitrogens with two attached hydrogens (primary N) is 1. The van der Waals surface area contributed by atoms with Gasteiger partial charge in [0.15, 0.2) is 0 Å². The SMILES string of the molecule is CCCCC(CN)NS(=O)(=O)c1cc(Br)ccc1C.Cl. The van der Waals surface area contributed by atoms with Crippen molar-refractivity contribution in [2.24, 2.45) is 5.73 Å². The van der Waals surface area contributed by atoms with E-state index in [1.807, 2.05) is 6.07 Å². The minimum Gasteiger partial charge on any atom is -0.329 e. The Kier molecular flexibility index (Phi) is 8.93. The Morgan fingerprint density at radius 3 is 2.60 bits per heavy atom. The standard InChI is InChI=1S/C13H21BrN2O2S.ClH/c1-3-4-5-12(9-15)16-19(17,18)13-8-11(14)7-6-10(13)2;/h6-8,12,16H,3-5,9,15H2,1-2H3;1H. The smallest absolute Gasteiger partial charge is 0.241 e. The summed E-state index contributed by atoms with van der Waals surface area (Å²) in [5.41, 5.74) is 6.35. The highest BCUT2D eigenvalue weighted by Gasteiger charge is 2.21. The summed E-state index contributed by atoms with van der Waals surface area (Å²) < 4.78 is 28.1. The summed E-state index contributed by atoms with van der Waals surface area (Å²) in [6, 6.07) is 5.02. The van der Waals surface area contributed by atoms with Crippen molar-refractivity contribution in [1.29, 1.82) is 0 Å². The Morgan fingerprint density at radius 2 is 2.05 bits per heavy atom. The molecule has 4 nitrogen and oxygen atoms in total. The molecule has 1 unspecified atom stereocenters. The molecule has 3 N–H and O–H groups in total. The van der Waals surface area contributed by atoms with Gasteiger partial charge in [-0.3, -0.25) is 0 Å². The molecule has 0 saturated heterocycles. The minimum atomic E-state index is -3.52. The number of benzene rings is 1. The number of aryl methyl sites for hydroxylation is 1. The number of nitrogens with one attached hydrogen (secondary N) is 1. The second kappa shape index (κ2) is 9.00. The van der Waals surface area contributed by atoms with Crippen LogP contribution in [-0.4, -0.2) is 21.0 Å². The number of unbranched alkanes of at least 4 members (excludes halogenated alkanes) is 1. The van der Waals surface area contributed by atoms with Crippen LogP contribution in [0.4, 0.5) is 0 Å². The maximum Gasteiger partial charge on any atom is 0.241 e. The van der Waals surface area contributed by atoms with E-state index < -0.39 is 10.0 Å². The molecule has 0 fully saturated rings. The second-order valence-corrected chi connectivity index (χ2v) is 7.20. The molecule has 0 radical (unpaired) electrons. The number of sulfonamides is 1.